The Bertz CT molecular complexity index is 806. The fourth-order valence-electron chi connectivity index (χ4n) is 2.69. The van der Waals surface area contributed by atoms with Gasteiger partial charge in [-0.25, -0.2) is 0 Å². The molecule has 0 aromatic carbocycles. The Morgan fingerprint density at radius 3 is 1.03 bits per heavy atom. The van der Waals surface area contributed by atoms with Gasteiger partial charge in [0.05, 0.1) is 0 Å². The first-order chi connectivity index (χ1) is 19.0. The molecule has 0 unspecified atom stereocenters. The highest BCUT2D eigenvalue weighted by atomic mass is 16.5. The molecule has 0 saturated heterocycles. The van der Waals surface area contributed by atoms with Gasteiger partial charge in [-0.05, 0) is 6.92 Å². The van der Waals surface area contributed by atoms with Gasteiger partial charge < -0.3 is 49.1 Å². The molecule has 0 spiro atoms. The van der Waals surface area contributed by atoms with Gasteiger partial charge in [-0.2, -0.15) is 29.9 Å². The average Bonchev–Trinajstić information content (AvgIpc) is 2.93. The molecule has 0 radical (unpaired) electrons. The van der Waals surface area contributed by atoms with Crippen LogP contribution >= 0.6 is 0 Å². The van der Waals surface area contributed by atoms with Crippen LogP contribution in [0.25, 0.3) is 0 Å². The lowest BCUT2D eigenvalue weighted by Crippen LogP contribution is -2.33. The van der Waals surface area contributed by atoms with Crippen molar-refractivity contribution < 1.29 is 33.2 Å². The van der Waals surface area contributed by atoms with E-state index in [0.29, 0.717) is 82.7 Å². The first-order valence-electron chi connectivity index (χ1n) is 11.6. The molecule has 2 heterocycles. The Kier molecular flexibility index (Phi) is 17.9. The summed E-state index contributed by atoms with van der Waals surface area (Å²) in [5.41, 5.74) is 0. The quantitative estimate of drug-likeness (QED) is 0.197. The van der Waals surface area contributed by atoms with Crippen molar-refractivity contribution in [1.82, 2.24) is 29.9 Å². The van der Waals surface area contributed by atoms with Crippen LogP contribution in [-0.4, -0.2) is 127 Å². The van der Waals surface area contributed by atoms with Gasteiger partial charge in [-0.1, -0.05) is 0 Å². The van der Waals surface area contributed by atoms with Gasteiger partial charge in [0.1, 0.15) is 52.9 Å². The Balaban J connectivity index is 0.000000395. The molecule has 0 amide bonds. The predicted octanol–water partition coefficient (Wildman–Crippen LogP) is 0.127. The molecule has 39 heavy (non-hydrogen) atoms. The summed E-state index contributed by atoms with van der Waals surface area (Å²) in [4.78, 5) is 28.9. The number of anilines is 5. The van der Waals surface area contributed by atoms with Crippen LogP contribution in [0.5, 0.6) is 0 Å². The van der Waals surface area contributed by atoms with Crippen molar-refractivity contribution in [1.29, 1.82) is 0 Å². The maximum atomic E-state index is 5.13. The molecule has 2 aromatic rings. The lowest BCUT2D eigenvalue weighted by atomic mass is 10.6. The normalized spacial score (nSPS) is 10.5. The second kappa shape index (κ2) is 20.7. The number of nitrogens with one attached hydrogen (secondary N) is 3. The van der Waals surface area contributed by atoms with E-state index in [1.165, 1.54) is 0 Å². The van der Waals surface area contributed by atoms with Crippen LogP contribution < -0.4 is 25.8 Å². The smallest absolute Gasteiger partial charge is 0.234 e. The molecule has 0 bridgehead atoms. The van der Waals surface area contributed by atoms with Crippen molar-refractivity contribution in [2.75, 3.05) is 123 Å². The lowest BCUT2D eigenvalue weighted by molar-refractivity contribution is 0.136. The van der Waals surface area contributed by atoms with Gasteiger partial charge in [0.15, 0.2) is 0 Å². The number of aryl methyl sites for hydroxylation is 1. The Hall–Kier alpha value is -3.26. The van der Waals surface area contributed by atoms with Gasteiger partial charge in [0.25, 0.3) is 0 Å². The number of ether oxygens (including phenoxy) is 7. The Labute approximate surface area is 228 Å². The maximum Gasteiger partial charge on any atom is 0.234 e. The minimum Gasteiger partial charge on any atom is -0.364 e. The molecule has 222 valence electrons. The van der Waals surface area contributed by atoms with Crippen LogP contribution in [-0.2, 0) is 33.2 Å². The molecule has 0 fully saturated rings. The van der Waals surface area contributed by atoms with E-state index < -0.39 is 0 Å². The summed E-state index contributed by atoms with van der Waals surface area (Å²) in [5.74, 6) is 2.71. The van der Waals surface area contributed by atoms with E-state index in [9.17, 15) is 0 Å². The van der Waals surface area contributed by atoms with Crippen molar-refractivity contribution >= 4 is 29.7 Å². The van der Waals surface area contributed by atoms with E-state index in [2.05, 4.69) is 45.9 Å². The fourth-order valence-corrected chi connectivity index (χ4v) is 2.69. The van der Waals surface area contributed by atoms with Crippen molar-refractivity contribution in [2.45, 2.75) is 6.92 Å². The van der Waals surface area contributed by atoms with Crippen molar-refractivity contribution in [3.05, 3.63) is 5.82 Å². The SMILES string of the molecule is COCN(COC)c1nc(C)nc(N(COC)COC)n1.COCNc1nc(NCOC)nc(NCOC)n1. The monoisotopic (exact) mass is 559 g/mol. The summed E-state index contributed by atoms with van der Waals surface area (Å²) in [7, 11) is 11.1. The molecule has 3 N–H and O–H groups in total. The van der Waals surface area contributed by atoms with E-state index in [1.54, 1.807) is 66.5 Å². The second-order valence-corrected chi connectivity index (χ2v) is 7.37. The first-order valence-corrected chi connectivity index (χ1v) is 11.6. The van der Waals surface area contributed by atoms with Crippen LogP contribution in [0.4, 0.5) is 29.7 Å². The van der Waals surface area contributed by atoms with E-state index in [1.807, 2.05) is 0 Å². The topological polar surface area (TPSA) is 185 Å². The first kappa shape index (κ1) is 33.8. The van der Waals surface area contributed by atoms with Crippen LogP contribution in [0.3, 0.4) is 0 Å². The molecule has 0 aliphatic rings. The Morgan fingerprint density at radius 2 is 0.769 bits per heavy atom. The molecule has 18 heteroatoms. The lowest BCUT2D eigenvalue weighted by Gasteiger charge is -2.24. The third-order valence-corrected chi connectivity index (χ3v) is 4.19. The zero-order chi connectivity index (χ0) is 28.9. The van der Waals surface area contributed by atoms with Crippen molar-refractivity contribution in [3.63, 3.8) is 0 Å². The molecule has 0 aliphatic carbocycles. The molecule has 2 aromatic heterocycles. The van der Waals surface area contributed by atoms with Gasteiger partial charge in [0, 0.05) is 49.8 Å². The summed E-state index contributed by atoms with van der Waals surface area (Å²) in [5, 5.41) is 8.65. The fraction of sp³-hybridized carbons (Fsp3) is 0.714. The Morgan fingerprint density at radius 1 is 0.462 bits per heavy atom. The summed E-state index contributed by atoms with van der Waals surface area (Å²) >= 11 is 0. The molecular weight excluding hydrogens is 518 g/mol. The molecule has 0 aliphatic heterocycles. The van der Waals surface area contributed by atoms with Gasteiger partial charge in [0.2, 0.25) is 29.7 Å². The standard InChI is InChI=1S/C12H23N5O4.C9H18N6O3/c1-10-13-11(16(6-18-2)7-19-3)15-12(14-10)17(8-20-4)9-21-5;1-16-4-10-7-13-8(11-5-17-2)15-9(14-7)12-6-18-3/h6-9H2,1-5H3;4-6H2,1-3H3,(H3,10,11,12,13,14,15). The summed E-state index contributed by atoms with van der Waals surface area (Å²) < 4.78 is 35.2. The summed E-state index contributed by atoms with van der Waals surface area (Å²) in [6.07, 6.45) is 0. The second-order valence-electron chi connectivity index (χ2n) is 7.37. The minimum absolute atomic E-state index is 0.303. The van der Waals surface area contributed by atoms with E-state index in [-0.39, 0.29) is 0 Å². The maximum absolute atomic E-state index is 5.13. The molecule has 2 rings (SSSR count). The zero-order valence-corrected chi connectivity index (χ0v) is 23.9. The highest BCUT2D eigenvalue weighted by molar-refractivity contribution is 5.41. The number of hydrogen-bond acceptors (Lipinski definition) is 18. The third-order valence-electron chi connectivity index (χ3n) is 4.19. The summed E-state index contributed by atoms with van der Waals surface area (Å²) in [6, 6.07) is 0. The third kappa shape index (κ3) is 13.4. The molecular formula is C21H41N11O7. The average molecular weight is 560 g/mol. The van der Waals surface area contributed by atoms with E-state index in [4.69, 9.17) is 33.2 Å². The largest absolute Gasteiger partial charge is 0.364 e. The number of methoxy groups -OCH3 is 7. The van der Waals surface area contributed by atoms with Crippen molar-refractivity contribution in [2.24, 2.45) is 0 Å². The molecule has 18 nitrogen and oxygen atoms in total. The van der Waals surface area contributed by atoms with Gasteiger partial charge >= 0.3 is 0 Å². The van der Waals surface area contributed by atoms with Crippen molar-refractivity contribution in [3.8, 4) is 0 Å². The number of aromatic nitrogens is 6. The van der Waals surface area contributed by atoms with Gasteiger partial charge in [-0.3, -0.25) is 9.80 Å². The van der Waals surface area contributed by atoms with E-state index in [0.717, 1.165) is 0 Å². The van der Waals surface area contributed by atoms with Gasteiger partial charge in [-0.15, -0.1) is 0 Å². The summed E-state index contributed by atoms with van der Waals surface area (Å²) in [6.45, 7) is 3.95. The van der Waals surface area contributed by atoms with Crippen LogP contribution in [0.1, 0.15) is 5.82 Å². The number of nitrogens with zero attached hydrogens (tertiary/aromatic N) is 8. The van der Waals surface area contributed by atoms with Crippen LogP contribution in [0.2, 0.25) is 0 Å². The highest BCUT2D eigenvalue weighted by Gasteiger charge is 2.16. The minimum atomic E-state index is 0.303. The highest BCUT2D eigenvalue weighted by Crippen LogP contribution is 2.14. The molecule has 0 atom stereocenters. The molecule has 0 saturated carbocycles. The van der Waals surface area contributed by atoms with E-state index >= 15 is 0 Å². The zero-order valence-electron chi connectivity index (χ0n) is 23.9. The van der Waals surface area contributed by atoms with Crippen LogP contribution in [0, 0.1) is 6.92 Å². The van der Waals surface area contributed by atoms with Crippen LogP contribution in [0.15, 0.2) is 0 Å². The number of rotatable bonds is 19. The number of hydrogen-bond donors (Lipinski definition) is 3. The predicted molar refractivity (Wildman–Crippen MR) is 143 cm³/mol.